The van der Waals surface area contributed by atoms with E-state index in [-0.39, 0.29) is 18.9 Å². The van der Waals surface area contributed by atoms with E-state index in [2.05, 4.69) is 5.32 Å². The zero-order valence-electron chi connectivity index (χ0n) is 11.5. The SMILES string of the molecule is Cc1ccc(F)c(C(=O)NCc2cccc3c2OCO3)c1. The molecule has 0 unspecified atom stereocenters. The van der Waals surface area contributed by atoms with E-state index in [0.717, 1.165) is 11.1 Å². The lowest BCUT2D eigenvalue weighted by Gasteiger charge is -2.09. The molecule has 2 aromatic rings. The number of rotatable bonds is 3. The maximum absolute atomic E-state index is 13.7. The Bertz CT molecular complexity index is 700. The lowest BCUT2D eigenvalue weighted by atomic mass is 10.1. The molecule has 5 heteroatoms. The number of aryl methyl sites for hydroxylation is 1. The second-order valence-electron chi connectivity index (χ2n) is 4.82. The van der Waals surface area contributed by atoms with Gasteiger partial charge >= 0.3 is 0 Å². The van der Waals surface area contributed by atoms with Gasteiger partial charge in [0.1, 0.15) is 5.82 Å². The molecule has 3 rings (SSSR count). The molecule has 1 aliphatic rings. The van der Waals surface area contributed by atoms with E-state index in [0.29, 0.717) is 11.5 Å². The Morgan fingerprint density at radius 1 is 1.29 bits per heavy atom. The van der Waals surface area contributed by atoms with Crippen LogP contribution in [0.4, 0.5) is 4.39 Å². The van der Waals surface area contributed by atoms with Gasteiger partial charge in [-0.25, -0.2) is 4.39 Å². The van der Waals surface area contributed by atoms with Crippen molar-refractivity contribution >= 4 is 5.91 Å². The highest BCUT2D eigenvalue weighted by Gasteiger charge is 2.18. The fourth-order valence-corrected chi connectivity index (χ4v) is 2.21. The minimum Gasteiger partial charge on any atom is -0.454 e. The van der Waals surface area contributed by atoms with Gasteiger partial charge in [-0.1, -0.05) is 23.8 Å². The molecular weight excluding hydrogens is 273 g/mol. The number of carbonyl (C=O) groups is 1. The van der Waals surface area contributed by atoms with Gasteiger partial charge in [0.2, 0.25) is 6.79 Å². The fraction of sp³-hybridized carbons (Fsp3) is 0.188. The fourth-order valence-electron chi connectivity index (χ4n) is 2.21. The van der Waals surface area contributed by atoms with E-state index in [1.54, 1.807) is 12.1 Å². The molecule has 1 aliphatic heterocycles. The van der Waals surface area contributed by atoms with E-state index < -0.39 is 11.7 Å². The number of para-hydroxylation sites is 1. The first kappa shape index (κ1) is 13.4. The van der Waals surface area contributed by atoms with Crippen LogP contribution in [0, 0.1) is 12.7 Å². The summed E-state index contributed by atoms with van der Waals surface area (Å²) in [6, 6.07) is 9.90. The van der Waals surface area contributed by atoms with Crippen molar-refractivity contribution < 1.29 is 18.7 Å². The Kier molecular flexibility index (Phi) is 3.48. The number of hydrogen-bond acceptors (Lipinski definition) is 3. The molecule has 2 aromatic carbocycles. The number of hydrogen-bond donors (Lipinski definition) is 1. The summed E-state index contributed by atoms with van der Waals surface area (Å²) < 4.78 is 24.3. The Morgan fingerprint density at radius 2 is 2.14 bits per heavy atom. The summed E-state index contributed by atoms with van der Waals surface area (Å²) in [5, 5.41) is 2.70. The van der Waals surface area contributed by atoms with Gasteiger partial charge < -0.3 is 14.8 Å². The van der Waals surface area contributed by atoms with Crippen molar-refractivity contribution in [3.63, 3.8) is 0 Å². The Hall–Kier alpha value is -2.56. The number of benzene rings is 2. The third kappa shape index (κ3) is 2.67. The molecule has 1 N–H and O–H groups in total. The normalized spacial score (nSPS) is 12.3. The summed E-state index contributed by atoms with van der Waals surface area (Å²) in [4.78, 5) is 12.1. The first-order chi connectivity index (χ1) is 10.1. The number of carbonyl (C=O) groups excluding carboxylic acids is 1. The van der Waals surface area contributed by atoms with Crippen LogP contribution in [0.5, 0.6) is 11.5 Å². The molecule has 1 amide bonds. The highest BCUT2D eigenvalue weighted by Crippen LogP contribution is 2.35. The first-order valence-corrected chi connectivity index (χ1v) is 6.57. The molecule has 0 fully saturated rings. The summed E-state index contributed by atoms with van der Waals surface area (Å²) in [6.45, 7) is 2.23. The van der Waals surface area contributed by atoms with Gasteiger partial charge in [-0.2, -0.15) is 0 Å². The molecule has 0 aromatic heterocycles. The van der Waals surface area contributed by atoms with E-state index in [1.807, 2.05) is 19.1 Å². The van der Waals surface area contributed by atoms with Crippen molar-refractivity contribution in [2.45, 2.75) is 13.5 Å². The van der Waals surface area contributed by atoms with Crippen molar-refractivity contribution in [2.24, 2.45) is 0 Å². The second kappa shape index (κ2) is 5.44. The van der Waals surface area contributed by atoms with E-state index in [9.17, 15) is 9.18 Å². The van der Waals surface area contributed by atoms with Crippen LogP contribution in [0.3, 0.4) is 0 Å². The van der Waals surface area contributed by atoms with Gasteiger partial charge in [0.05, 0.1) is 5.56 Å². The molecule has 1 heterocycles. The summed E-state index contributed by atoms with van der Waals surface area (Å²) >= 11 is 0. The monoisotopic (exact) mass is 287 g/mol. The van der Waals surface area contributed by atoms with Crippen LogP contribution < -0.4 is 14.8 Å². The van der Waals surface area contributed by atoms with Gasteiger partial charge in [-0.15, -0.1) is 0 Å². The van der Waals surface area contributed by atoms with Crippen LogP contribution in [-0.2, 0) is 6.54 Å². The summed E-state index contributed by atoms with van der Waals surface area (Å²) in [5.41, 5.74) is 1.67. The second-order valence-corrected chi connectivity index (χ2v) is 4.82. The average Bonchev–Trinajstić information content (AvgIpc) is 2.96. The van der Waals surface area contributed by atoms with E-state index >= 15 is 0 Å². The van der Waals surface area contributed by atoms with Gasteiger partial charge in [0.25, 0.3) is 5.91 Å². The molecule has 0 radical (unpaired) electrons. The minimum atomic E-state index is -0.532. The molecule has 0 saturated carbocycles. The number of amides is 1. The summed E-state index contributed by atoms with van der Waals surface area (Å²) in [7, 11) is 0. The molecular formula is C16H14FNO3. The molecule has 0 aliphatic carbocycles. The largest absolute Gasteiger partial charge is 0.454 e. The number of nitrogens with one attached hydrogen (secondary N) is 1. The Morgan fingerprint density at radius 3 is 3.00 bits per heavy atom. The van der Waals surface area contributed by atoms with Crippen LogP contribution in [0.1, 0.15) is 21.5 Å². The van der Waals surface area contributed by atoms with Gasteiger partial charge in [-0.05, 0) is 25.1 Å². The molecule has 0 bridgehead atoms. The Balaban J connectivity index is 1.75. The standard InChI is InChI=1S/C16H14FNO3/c1-10-5-6-13(17)12(7-10)16(19)18-8-11-3-2-4-14-15(11)21-9-20-14/h2-7H,8-9H2,1H3,(H,18,19). The van der Waals surface area contributed by atoms with Crippen molar-refractivity contribution in [1.82, 2.24) is 5.32 Å². The average molecular weight is 287 g/mol. The molecule has 21 heavy (non-hydrogen) atoms. The van der Waals surface area contributed by atoms with Crippen LogP contribution in [0.25, 0.3) is 0 Å². The zero-order chi connectivity index (χ0) is 14.8. The highest BCUT2D eigenvalue weighted by atomic mass is 19.1. The smallest absolute Gasteiger partial charge is 0.254 e. The maximum Gasteiger partial charge on any atom is 0.254 e. The summed E-state index contributed by atoms with van der Waals surface area (Å²) in [6.07, 6.45) is 0. The Labute approximate surface area is 121 Å². The summed E-state index contributed by atoms with van der Waals surface area (Å²) in [5.74, 6) is 0.301. The lowest BCUT2D eigenvalue weighted by Crippen LogP contribution is -2.24. The highest BCUT2D eigenvalue weighted by molar-refractivity contribution is 5.94. The molecule has 4 nitrogen and oxygen atoms in total. The van der Waals surface area contributed by atoms with Crippen molar-refractivity contribution in [3.8, 4) is 11.5 Å². The minimum absolute atomic E-state index is 0.0414. The molecule has 0 spiro atoms. The van der Waals surface area contributed by atoms with Crippen LogP contribution in [0.2, 0.25) is 0 Å². The molecule has 108 valence electrons. The lowest BCUT2D eigenvalue weighted by molar-refractivity contribution is 0.0946. The van der Waals surface area contributed by atoms with E-state index in [1.165, 1.54) is 12.1 Å². The quantitative estimate of drug-likeness (QED) is 0.944. The molecule has 0 saturated heterocycles. The van der Waals surface area contributed by atoms with Gasteiger partial charge in [-0.3, -0.25) is 4.79 Å². The number of fused-ring (bicyclic) bond motifs is 1. The number of ether oxygens (including phenoxy) is 2. The topological polar surface area (TPSA) is 47.6 Å². The third-order valence-corrected chi connectivity index (χ3v) is 3.28. The van der Waals surface area contributed by atoms with E-state index in [4.69, 9.17) is 9.47 Å². The maximum atomic E-state index is 13.7. The predicted molar refractivity (Wildman–Crippen MR) is 74.9 cm³/mol. The molecule has 0 atom stereocenters. The zero-order valence-corrected chi connectivity index (χ0v) is 11.5. The van der Waals surface area contributed by atoms with Gasteiger partial charge in [0, 0.05) is 12.1 Å². The van der Waals surface area contributed by atoms with Gasteiger partial charge in [0.15, 0.2) is 11.5 Å². The van der Waals surface area contributed by atoms with Crippen molar-refractivity contribution in [1.29, 1.82) is 0 Å². The van der Waals surface area contributed by atoms with Crippen molar-refractivity contribution in [2.75, 3.05) is 6.79 Å². The van der Waals surface area contributed by atoms with Crippen molar-refractivity contribution in [3.05, 3.63) is 58.9 Å². The first-order valence-electron chi connectivity index (χ1n) is 6.57. The number of halogens is 1. The van der Waals surface area contributed by atoms with Crippen LogP contribution >= 0.6 is 0 Å². The predicted octanol–water partition coefficient (Wildman–Crippen LogP) is 2.79. The van der Waals surface area contributed by atoms with Crippen LogP contribution in [0.15, 0.2) is 36.4 Å². The van der Waals surface area contributed by atoms with Crippen LogP contribution in [-0.4, -0.2) is 12.7 Å². The third-order valence-electron chi connectivity index (χ3n) is 3.28.